The fraction of sp³-hybridized carbons (Fsp3) is 0.308. The molecular formula is C13H17N3O4S. The van der Waals surface area contributed by atoms with Crippen molar-refractivity contribution < 1.29 is 18.3 Å². The summed E-state index contributed by atoms with van der Waals surface area (Å²) in [5.41, 5.74) is 1.04. The Balaban J connectivity index is 2.17. The van der Waals surface area contributed by atoms with Gasteiger partial charge in [0.25, 0.3) is 10.0 Å². The maximum atomic E-state index is 12.3. The van der Waals surface area contributed by atoms with Crippen LogP contribution in [0.3, 0.4) is 0 Å². The SMILES string of the molecule is Cc1nn(C)cc1NS(=O)(=O)c1ccc(OCCO)cc1. The van der Waals surface area contributed by atoms with Gasteiger partial charge in [-0.25, -0.2) is 8.42 Å². The minimum atomic E-state index is -3.67. The number of aromatic nitrogens is 2. The van der Waals surface area contributed by atoms with Gasteiger partial charge >= 0.3 is 0 Å². The number of aliphatic hydroxyl groups excluding tert-OH is 1. The number of anilines is 1. The molecule has 8 heteroatoms. The van der Waals surface area contributed by atoms with E-state index in [0.29, 0.717) is 17.1 Å². The highest BCUT2D eigenvalue weighted by molar-refractivity contribution is 7.92. The van der Waals surface area contributed by atoms with Gasteiger partial charge in [-0.2, -0.15) is 5.10 Å². The molecule has 114 valence electrons. The molecule has 2 N–H and O–H groups in total. The quantitative estimate of drug-likeness (QED) is 0.827. The largest absolute Gasteiger partial charge is 0.491 e. The van der Waals surface area contributed by atoms with Crippen molar-refractivity contribution in [2.45, 2.75) is 11.8 Å². The molecule has 0 bridgehead atoms. The molecule has 2 aromatic rings. The molecule has 21 heavy (non-hydrogen) atoms. The zero-order valence-electron chi connectivity index (χ0n) is 11.8. The molecule has 0 aliphatic rings. The van der Waals surface area contributed by atoms with Crippen LogP contribution in [0.1, 0.15) is 5.69 Å². The summed E-state index contributed by atoms with van der Waals surface area (Å²) in [5, 5.41) is 12.7. The van der Waals surface area contributed by atoms with E-state index in [0.717, 1.165) is 0 Å². The Labute approximate surface area is 123 Å². The van der Waals surface area contributed by atoms with Crippen LogP contribution in [-0.2, 0) is 17.1 Å². The average molecular weight is 311 g/mol. The lowest BCUT2D eigenvalue weighted by Crippen LogP contribution is -2.13. The van der Waals surface area contributed by atoms with Crippen molar-refractivity contribution in [2.75, 3.05) is 17.9 Å². The summed E-state index contributed by atoms with van der Waals surface area (Å²) in [6.07, 6.45) is 1.60. The van der Waals surface area contributed by atoms with Crippen LogP contribution in [0.4, 0.5) is 5.69 Å². The van der Waals surface area contributed by atoms with Gasteiger partial charge in [-0.15, -0.1) is 0 Å². The van der Waals surface area contributed by atoms with Gasteiger partial charge in [0.05, 0.1) is 22.9 Å². The van der Waals surface area contributed by atoms with Gasteiger partial charge in [-0.1, -0.05) is 0 Å². The Bertz CT molecular complexity index is 708. The maximum absolute atomic E-state index is 12.3. The maximum Gasteiger partial charge on any atom is 0.262 e. The Hall–Kier alpha value is -2.06. The lowest BCUT2D eigenvalue weighted by atomic mass is 10.3. The zero-order chi connectivity index (χ0) is 15.5. The van der Waals surface area contributed by atoms with Crippen LogP contribution < -0.4 is 9.46 Å². The fourth-order valence-electron chi connectivity index (χ4n) is 1.78. The Kier molecular flexibility index (Phi) is 4.49. The molecule has 0 saturated heterocycles. The number of aryl methyl sites for hydroxylation is 2. The lowest BCUT2D eigenvalue weighted by Gasteiger charge is -2.08. The summed E-state index contributed by atoms with van der Waals surface area (Å²) in [4.78, 5) is 0.127. The second-order valence-electron chi connectivity index (χ2n) is 4.45. The molecule has 0 aliphatic heterocycles. The molecule has 0 atom stereocenters. The molecule has 1 heterocycles. The van der Waals surface area contributed by atoms with Crippen LogP contribution >= 0.6 is 0 Å². The van der Waals surface area contributed by atoms with Crippen LogP contribution in [0.25, 0.3) is 0 Å². The Morgan fingerprint density at radius 2 is 2.00 bits per heavy atom. The molecule has 0 spiro atoms. The highest BCUT2D eigenvalue weighted by Gasteiger charge is 2.16. The van der Waals surface area contributed by atoms with Crippen LogP contribution in [0.5, 0.6) is 5.75 Å². The van der Waals surface area contributed by atoms with Gasteiger partial charge in [0.15, 0.2) is 0 Å². The number of nitrogens with zero attached hydrogens (tertiary/aromatic N) is 2. The number of benzene rings is 1. The number of hydrogen-bond acceptors (Lipinski definition) is 5. The third-order valence-electron chi connectivity index (χ3n) is 2.75. The lowest BCUT2D eigenvalue weighted by molar-refractivity contribution is 0.201. The molecule has 0 unspecified atom stereocenters. The van der Waals surface area contributed by atoms with E-state index in [-0.39, 0.29) is 18.1 Å². The van der Waals surface area contributed by atoms with E-state index < -0.39 is 10.0 Å². The molecule has 0 amide bonds. The van der Waals surface area contributed by atoms with Gasteiger partial charge in [0.1, 0.15) is 12.4 Å². The average Bonchev–Trinajstić information content (AvgIpc) is 2.74. The van der Waals surface area contributed by atoms with Crippen LogP contribution in [0.2, 0.25) is 0 Å². The van der Waals surface area contributed by atoms with E-state index >= 15 is 0 Å². The first-order chi connectivity index (χ1) is 9.92. The highest BCUT2D eigenvalue weighted by atomic mass is 32.2. The molecule has 1 aromatic heterocycles. The molecular weight excluding hydrogens is 294 g/mol. The number of ether oxygens (including phenoxy) is 1. The first-order valence-corrected chi connectivity index (χ1v) is 7.77. The zero-order valence-corrected chi connectivity index (χ0v) is 12.6. The molecule has 7 nitrogen and oxygen atoms in total. The predicted molar refractivity (Wildman–Crippen MR) is 77.8 cm³/mol. The van der Waals surface area contributed by atoms with Crippen LogP contribution in [-0.4, -0.2) is 36.5 Å². The van der Waals surface area contributed by atoms with Gasteiger partial charge < -0.3 is 9.84 Å². The molecule has 0 saturated carbocycles. The number of rotatable bonds is 6. The second kappa shape index (κ2) is 6.15. The Morgan fingerprint density at radius 3 is 2.52 bits per heavy atom. The van der Waals surface area contributed by atoms with E-state index in [4.69, 9.17) is 9.84 Å². The van der Waals surface area contributed by atoms with E-state index in [1.54, 1.807) is 37.0 Å². The van der Waals surface area contributed by atoms with Crippen molar-refractivity contribution in [2.24, 2.45) is 7.05 Å². The van der Waals surface area contributed by atoms with E-state index in [1.807, 2.05) is 0 Å². The summed E-state index contributed by atoms with van der Waals surface area (Å²) in [6, 6.07) is 5.97. The van der Waals surface area contributed by atoms with E-state index in [9.17, 15) is 8.42 Å². The van der Waals surface area contributed by atoms with Gasteiger partial charge in [0, 0.05) is 13.2 Å². The van der Waals surface area contributed by atoms with Gasteiger partial charge in [-0.05, 0) is 31.2 Å². The van der Waals surface area contributed by atoms with Crippen molar-refractivity contribution in [1.29, 1.82) is 0 Å². The van der Waals surface area contributed by atoms with Crippen molar-refractivity contribution in [3.05, 3.63) is 36.2 Å². The van der Waals surface area contributed by atoms with Gasteiger partial charge in [0.2, 0.25) is 0 Å². The van der Waals surface area contributed by atoms with Gasteiger partial charge in [-0.3, -0.25) is 9.40 Å². The van der Waals surface area contributed by atoms with Crippen molar-refractivity contribution in [3.63, 3.8) is 0 Å². The molecule has 1 aromatic carbocycles. The number of aliphatic hydroxyl groups is 1. The minimum absolute atomic E-state index is 0.0953. The monoisotopic (exact) mass is 311 g/mol. The van der Waals surface area contributed by atoms with Crippen molar-refractivity contribution in [3.8, 4) is 5.75 Å². The number of hydrogen-bond donors (Lipinski definition) is 2. The third kappa shape index (κ3) is 3.73. The summed E-state index contributed by atoms with van der Waals surface area (Å²) < 4.78 is 33.7. The standard InChI is InChI=1S/C13H17N3O4S/c1-10-13(9-16(2)14-10)15-21(18,19)12-5-3-11(4-6-12)20-8-7-17/h3-6,9,15,17H,7-8H2,1-2H3. The van der Waals surface area contributed by atoms with Crippen LogP contribution in [0.15, 0.2) is 35.4 Å². The highest BCUT2D eigenvalue weighted by Crippen LogP contribution is 2.20. The van der Waals surface area contributed by atoms with Crippen molar-refractivity contribution in [1.82, 2.24) is 9.78 Å². The number of nitrogens with one attached hydrogen (secondary N) is 1. The van der Waals surface area contributed by atoms with E-state index in [1.165, 1.54) is 12.1 Å². The smallest absolute Gasteiger partial charge is 0.262 e. The molecule has 0 fully saturated rings. The summed E-state index contributed by atoms with van der Waals surface area (Å²) >= 11 is 0. The van der Waals surface area contributed by atoms with E-state index in [2.05, 4.69) is 9.82 Å². The summed E-state index contributed by atoms with van der Waals surface area (Å²) in [6.45, 7) is 1.80. The number of sulfonamides is 1. The molecule has 0 aliphatic carbocycles. The first kappa shape index (κ1) is 15.3. The topological polar surface area (TPSA) is 93.5 Å². The van der Waals surface area contributed by atoms with Crippen molar-refractivity contribution >= 4 is 15.7 Å². The fourth-order valence-corrected chi connectivity index (χ4v) is 2.88. The summed E-state index contributed by atoms with van der Waals surface area (Å²) in [5.74, 6) is 0.501. The normalized spacial score (nSPS) is 11.4. The third-order valence-corrected chi connectivity index (χ3v) is 4.13. The first-order valence-electron chi connectivity index (χ1n) is 6.29. The minimum Gasteiger partial charge on any atom is -0.491 e. The summed E-state index contributed by atoms with van der Waals surface area (Å²) in [7, 11) is -1.95. The second-order valence-corrected chi connectivity index (χ2v) is 6.13. The molecule has 2 rings (SSSR count). The Morgan fingerprint density at radius 1 is 1.33 bits per heavy atom. The predicted octanol–water partition coefficient (Wildman–Crippen LogP) is 0.900. The van der Waals surface area contributed by atoms with Crippen LogP contribution in [0, 0.1) is 6.92 Å². The molecule has 0 radical (unpaired) electrons.